The van der Waals surface area contributed by atoms with E-state index in [0.717, 1.165) is 17.7 Å². The van der Waals surface area contributed by atoms with Crippen molar-refractivity contribution in [3.05, 3.63) is 71.6 Å². The van der Waals surface area contributed by atoms with Gasteiger partial charge in [0.1, 0.15) is 10.7 Å². The third-order valence-corrected chi connectivity index (χ3v) is 4.67. The number of nitrogens with two attached hydrogens (primary N) is 1. The van der Waals surface area contributed by atoms with Gasteiger partial charge in [-0.1, -0.05) is 35.9 Å². The maximum absolute atomic E-state index is 14.1. The molecule has 3 aromatic rings. The van der Waals surface area contributed by atoms with E-state index in [0.29, 0.717) is 21.8 Å². The highest BCUT2D eigenvalue weighted by atomic mass is 35.5. The molecule has 122 valence electrons. The van der Waals surface area contributed by atoms with E-state index in [4.69, 9.17) is 16.7 Å². The van der Waals surface area contributed by atoms with Crippen molar-refractivity contribution >= 4 is 21.6 Å². The number of benzene rings is 2. The average Bonchev–Trinajstić information content (AvgIpc) is 2.54. The van der Waals surface area contributed by atoms with Crippen LogP contribution in [-0.4, -0.2) is 13.4 Å². The summed E-state index contributed by atoms with van der Waals surface area (Å²) in [5.74, 6) is -0.902. The number of sulfonamides is 1. The van der Waals surface area contributed by atoms with Crippen molar-refractivity contribution in [2.45, 2.75) is 4.90 Å². The molecule has 0 saturated heterocycles. The van der Waals surface area contributed by atoms with Crippen molar-refractivity contribution < 1.29 is 12.8 Å². The molecule has 1 heterocycles. The molecule has 4 nitrogen and oxygen atoms in total. The zero-order valence-corrected chi connectivity index (χ0v) is 13.9. The third kappa shape index (κ3) is 3.31. The average molecular weight is 363 g/mol. The molecule has 0 aliphatic carbocycles. The van der Waals surface area contributed by atoms with Crippen LogP contribution in [0.1, 0.15) is 0 Å². The molecular formula is C17H12ClFN2O2S. The van der Waals surface area contributed by atoms with Gasteiger partial charge in [-0.25, -0.2) is 17.9 Å². The minimum Gasteiger partial charge on any atom is -0.256 e. The summed E-state index contributed by atoms with van der Waals surface area (Å²) in [4.78, 5) is 3.81. The van der Waals surface area contributed by atoms with Gasteiger partial charge in [-0.3, -0.25) is 4.98 Å². The van der Waals surface area contributed by atoms with Crippen molar-refractivity contribution in [3.63, 3.8) is 0 Å². The first-order valence-electron chi connectivity index (χ1n) is 6.90. The van der Waals surface area contributed by atoms with Crippen molar-refractivity contribution in [1.29, 1.82) is 0 Å². The zero-order chi connectivity index (χ0) is 17.3. The minimum absolute atomic E-state index is 0.498. The molecule has 2 aromatic carbocycles. The van der Waals surface area contributed by atoms with Gasteiger partial charge in [0.2, 0.25) is 10.0 Å². The van der Waals surface area contributed by atoms with Crippen molar-refractivity contribution in [2.24, 2.45) is 5.14 Å². The first-order valence-corrected chi connectivity index (χ1v) is 8.82. The molecule has 0 radical (unpaired) electrons. The summed E-state index contributed by atoms with van der Waals surface area (Å²) in [6.45, 7) is 0. The minimum atomic E-state index is -4.10. The number of halogens is 2. The lowest BCUT2D eigenvalue weighted by molar-refractivity contribution is 0.568. The molecule has 0 bridgehead atoms. The molecule has 0 amide bonds. The van der Waals surface area contributed by atoms with Gasteiger partial charge < -0.3 is 0 Å². The fourth-order valence-electron chi connectivity index (χ4n) is 2.38. The van der Waals surface area contributed by atoms with Crippen LogP contribution in [0.5, 0.6) is 0 Å². The quantitative estimate of drug-likeness (QED) is 0.769. The van der Waals surface area contributed by atoms with Crippen LogP contribution >= 0.6 is 11.6 Å². The first-order chi connectivity index (χ1) is 11.4. The van der Waals surface area contributed by atoms with Gasteiger partial charge in [-0.2, -0.15) is 0 Å². The first kappa shape index (κ1) is 16.6. The number of primary sulfonamides is 1. The van der Waals surface area contributed by atoms with E-state index in [1.807, 2.05) is 12.1 Å². The van der Waals surface area contributed by atoms with Crippen molar-refractivity contribution in [1.82, 2.24) is 4.98 Å². The van der Waals surface area contributed by atoms with E-state index in [2.05, 4.69) is 4.98 Å². The largest absolute Gasteiger partial charge is 0.256 e. The van der Waals surface area contributed by atoms with Crippen LogP contribution in [0.15, 0.2) is 65.7 Å². The maximum Gasteiger partial charge on any atom is 0.240 e. The van der Waals surface area contributed by atoms with Crippen LogP contribution in [-0.2, 0) is 10.0 Å². The molecule has 1 aromatic heterocycles. The monoisotopic (exact) mass is 362 g/mol. The molecule has 0 unspecified atom stereocenters. The van der Waals surface area contributed by atoms with E-state index in [1.165, 1.54) is 6.07 Å². The normalized spacial score (nSPS) is 11.5. The number of pyridine rings is 1. The number of hydrogen-bond donors (Lipinski definition) is 1. The van der Waals surface area contributed by atoms with Crippen LogP contribution in [0.2, 0.25) is 5.02 Å². The van der Waals surface area contributed by atoms with Gasteiger partial charge in [-0.15, -0.1) is 0 Å². The molecule has 0 atom stereocenters. The summed E-state index contributed by atoms with van der Waals surface area (Å²) in [7, 11) is -4.10. The van der Waals surface area contributed by atoms with Crippen LogP contribution in [0.25, 0.3) is 22.4 Å². The lowest BCUT2D eigenvalue weighted by Gasteiger charge is -2.10. The van der Waals surface area contributed by atoms with Gasteiger partial charge >= 0.3 is 0 Å². The summed E-state index contributed by atoms with van der Waals surface area (Å²) in [5, 5.41) is 5.59. The highest BCUT2D eigenvalue weighted by Crippen LogP contribution is 2.32. The van der Waals surface area contributed by atoms with Crippen LogP contribution in [0.4, 0.5) is 4.39 Å². The Morgan fingerprint density at radius 2 is 1.67 bits per heavy atom. The highest BCUT2D eigenvalue weighted by Gasteiger charge is 2.16. The Hall–Kier alpha value is -2.28. The number of nitrogens with zero attached hydrogens (tertiary/aromatic N) is 1. The van der Waals surface area contributed by atoms with E-state index < -0.39 is 20.7 Å². The number of aromatic nitrogens is 1. The Morgan fingerprint density at radius 3 is 2.29 bits per heavy atom. The van der Waals surface area contributed by atoms with Crippen molar-refractivity contribution in [3.8, 4) is 22.4 Å². The van der Waals surface area contributed by atoms with Crippen LogP contribution in [0, 0.1) is 5.82 Å². The summed E-state index contributed by atoms with van der Waals surface area (Å²) in [5.41, 5.74) is 2.61. The predicted molar refractivity (Wildman–Crippen MR) is 91.5 cm³/mol. The molecule has 0 saturated carbocycles. The lowest BCUT2D eigenvalue weighted by Crippen LogP contribution is -2.13. The molecule has 0 aliphatic rings. The van der Waals surface area contributed by atoms with E-state index >= 15 is 0 Å². The third-order valence-electron chi connectivity index (χ3n) is 3.47. The van der Waals surface area contributed by atoms with Crippen LogP contribution < -0.4 is 5.14 Å². The molecule has 3 rings (SSSR count). The molecule has 0 fully saturated rings. The Balaban J connectivity index is 2.14. The van der Waals surface area contributed by atoms with Gasteiger partial charge in [0.25, 0.3) is 0 Å². The fourth-order valence-corrected chi connectivity index (χ4v) is 3.09. The molecule has 2 N–H and O–H groups in total. The second kappa shape index (κ2) is 6.32. The Labute approximate surface area is 143 Å². The van der Waals surface area contributed by atoms with E-state index in [1.54, 1.807) is 30.5 Å². The molecular weight excluding hydrogens is 351 g/mol. The summed E-state index contributed by atoms with van der Waals surface area (Å²) in [6.07, 6.45) is 1.63. The summed E-state index contributed by atoms with van der Waals surface area (Å²) in [6, 6.07) is 14.4. The maximum atomic E-state index is 14.1. The Kier molecular flexibility index (Phi) is 4.36. The molecule has 24 heavy (non-hydrogen) atoms. The van der Waals surface area contributed by atoms with Gasteiger partial charge in [0.15, 0.2) is 0 Å². The van der Waals surface area contributed by atoms with Crippen molar-refractivity contribution in [2.75, 3.05) is 0 Å². The second-order valence-electron chi connectivity index (χ2n) is 5.10. The molecule has 0 aliphatic heterocycles. The number of rotatable bonds is 3. The summed E-state index contributed by atoms with van der Waals surface area (Å²) < 4.78 is 36.8. The van der Waals surface area contributed by atoms with Gasteiger partial charge in [0, 0.05) is 22.3 Å². The predicted octanol–water partition coefficient (Wildman–Crippen LogP) is 3.86. The molecule has 7 heteroatoms. The van der Waals surface area contributed by atoms with Crippen LogP contribution in [0.3, 0.4) is 0 Å². The second-order valence-corrected chi connectivity index (χ2v) is 7.06. The standard InChI is InChI=1S/C17H12ClFN2O2S/c18-13-6-3-11(4-7-13)17-14(2-1-9-21-17)12-5-8-16(15(19)10-12)24(20,22)23/h1-10H,(H2,20,22,23). The highest BCUT2D eigenvalue weighted by molar-refractivity contribution is 7.89. The smallest absolute Gasteiger partial charge is 0.240 e. The van der Waals surface area contributed by atoms with E-state index in [-0.39, 0.29) is 0 Å². The zero-order valence-electron chi connectivity index (χ0n) is 12.3. The molecule has 0 spiro atoms. The lowest BCUT2D eigenvalue weighted by atomic mass is 9.99. The van der Waals surface area contributed by atoms with Gasteiger partial charge in [-0.05, 0) is 35.9 Å². The SMILES string of the molecule is NS(=O)(=O)c1ccc(-c2cccnc2-c2ccc(Cl)cc2)cc1F. The fraction of sp³-hybridized carbons (Fsp3) is 0. The Bertz CT molecular complexity index is 1010. The van der Waals surface area contributed by atoms with Gasteiger partial charge in [0.05, 0.1) is 5.69 Å². The summed E-state index contributed by atoms with van der Waals surface area (Å²) >= 11 is 5.90. The topological polar surface area (TPSA) is 73.1 Å². The Morgan fingerprint density at radius 1 is 1.00 bits per heavy atom. The number of hydrogen-bond acceptors (Lipinski definition) is 3. The van der Waals surface area contributed by atoms with E-state index in [9.17, 15) is 12.8 Å².